The fourth-order valence-electron chi connectivity index (χ4n) is 2.29. The van der Waals surface area contributed by atoms with E-state index >= 15 is 0 Å². The van der Waals surface area contributed by atoms with Crippen LogP contribution in [0.25, 0.3) is 22.0 Å². The van der Waals surface area contributed by atoms with Crippen molar-refractivity contribution in [2.75, 3.05) is 0 Å². The van der Waals surface area contributed by atoms with Crippen molar-refractivity contribution in [3.05, 3.63) is 64.8 Å². The van der Waals surface area contributed by atoms with Gasteiger partial charge in [-0.1, -0.05) is 11.6 Å². The molecule has 2 aromatic carbocycles. The molecule has 0 N–H and O–H groups in total. The van der Waals surface area contributed by atoms with Crippen LogP contribution in [-0.4, -0.2) is 4.98 Å². The van der Waals surface area contributed by atoms with Crippen LogP contribution in [0.3, 0.4) is 0 Å². The van der Waals surface area contributed by atoms with E-state index < -0.39 is 11.6 Å². The minimum Gasteiger partial charge on any atom is -0.256 e. The van der Waals surface area contributed by atoms with Crippen LogP contribution in [0, 0.1) is 18.6 Å². The Bertz CT molecular complexity index is 795. The van der Waals surface area contributed by atoms with Crippen LogP contribution in [0.15, 0.2) is 42.6 Å². The Morgan fingerprint density at radius 3 is 2.45 bits per heavy atom. The third kappa shape index (κ3) is 2.14. The topological polar surface area (TPSA) is 12.9 Å². The van der Waals surface area contributed by atoms with E-state index in [1.54, 1.807) is 18.3 Å². The summed E-state index contributed by atoms with van der Waals surface area (Å²) in [6, 6.07) is 8.89. The van der Waals surface area contributed by atoms with Crippen molar-refractivity contribution in [3.8, 4) is 11.1 Å². The fourth-order valence-corrected chi connectivity index (χ4v) is 2.55. The first-order valence-electron chi connectivity index (χ1n) is 6.06. The van der Waals surface area contributed by atoms with Gasteiger partial charge in [0.1, 0.15) is 11.6 Å². The molecule has 0 fully saturated rings. The highest BCUT2D eigenvalue weighted by Gasteiger charge is 2.12. The number of rotatable bonds is 1. The molecule has 0 bridgehead atoms. The van der Waals surface area contributed by atoms with Crippen LogP contribution in [0.5, 0.6) is 0 Å². The van der Waals surface area contributed by atoms with Crippen molar-refractivity contribution in [2.24, 2.45) is 0 Å². The van der Waals surface area contributed by atoms with Gasteiger partial charge in [-0.05, 0) is 53.9 Å². The van der Waals surface area contributed by atoms with E-state index in [2.05, 4.69) is 4.98 Å². The summed E-state index contributed by atoms with van der Waals surface area (Å²) in [5.41, 5.74) is 2.61. The molecule has 0 unspecified atom stereocenters. The largest absolute Gasteiger partial charge is 0.256 e. The highest BCUT2D eigenvalue weighted by atomic mass is 35.5. The molecule has 1 aromatic heterocycles. The van der Waals surface area contributed by atoms with Gasteiger partial charge < -0.3 is 0 Å². The smallest absolute Gasteiger partial charge is 0.126 e. The van der Waals surface area contributed by atoms with Crippen LogP contribution in [0.2, 0.25) is 5.02 Å². The molecular formula is C16H10ClF2N. The average Bonchev–Trinajstić information content (AvgIpc) is 2.42. The van der Waals surface area contributed by atoms with Gasteiger partial charge in [0.15, 0.2) is 0 Å². The molecule has 0 atom stereocenters. The van der Waals surface area contributed by atoms with Gasteiger partial charge >= 0.3 is 0 Å². The van der Waals surface area contributed by atoms with Crippen LogP contribution in [0.1, 0.15) is 5.56 Å². The Balaban J connectivity index is 2.33. The second kappa shape index (κ2) is 4.84. The quantitative estimate of drug-likeness (QED) is 0.604. The van der Waals surface area contributed by atoms with Gasteiger partial charge in [-0.2, -0.15) is 0 Å². The summed E-state index contributed by atoms with van der Waals surface area (Å²) in [6.07, 6.45) is 1.66. The molecule has 0 saturated heterocycles. The normalized spacial score (nSPS) is 11.0. The summed E-state index contributed by atoms with van der Waals surface area (Å²) in [5.74, 6) is -1.23. The monoisotopic (exact) mass is 289 g/mol. The fraction of sp³-hybridized carbons (Fsp3) is 0.0625. The molecule has 0 aliphatic carbocycles. The van der Waals surface area contributed by atoms with Crippen LogP contribution in [-0.2, 0) is 0 Å². The van der Waals surface area contributed by atoms with Crippen molar-refractivity contribution >= 4 is 22.5 Å². The predicted molar refractivity (Wildman–Crippen MR) is 76.8 cm³/mol. The Morgan fingerprint density at radius 1 is 1.05 bits per heavy atom. The number of hydrogen-bond donors (Lipinski definition) is 0. The van der Waals surface area contributed by atoms with Gasteiger partial charge in [0, 0.05) is 17.6 Å². The van der Waals surface area contributed by atoms with E-state index in [0.29, 0.717) is 21.7 Å². The van der Waals surface area contributed by atoms with E-state index in [1.807, 2.05) is 13.0 Å². The van der Waals surface area contributed by atoms with E-state index in [-0.39, 0.29) is 0 Å². The van der Waals surface area contributed by atoms with Crippen LogP contribution >= 0.6 is 11.6 Å². The number of halogens is 3. The Labute approximate surface area is 119 Å². The van der Waals surface area contributed by atoms with Gasteiger partial charge in [0.25, 0.3) is 0 Å². The maximum Gasteiger partial charge on any atom is 0.126 e. The molecule has 4 heteroatoms. The molecule has 1 heterocycles. The Hall–Kier alpha value is -2.00. The first kappa shape index (κ1) is 13.0. The zero-order valence-electron chi connectivity index (χ0n) is 10.6. The summed E-state index contributed by atoms with van der Waals surface area (Å²) in [7, 11) is 0. The second-order valence-corrected chi connectivity index (χ2v) is 4.97. The Kier molecular flexibility index (Phi) is 3.14. The zero-order chi connectivity index (χ0) is 14.3. The lowest BCUT2D eigenvalue weighted by molar-refractivity contribution is 0.584. The number of nitrogens with zero attached hydrogens (tertiary/aromatic N) is 1. The first-order valence-corrected chi connectivity index (χ1v) is 6.44. The third-order valence-corrected chi connectivity index (χ3v) is 3.75. The molecule has 0 saturated carbocycles. The molecule has 0 radical (unpaired) electrons. The number of hydrogen-bond acceptors (Lipinski definition) is 1. The summed E-state index contributed by atoms with van der Waals surface area (Å²) in [6.45, 7) is 1.83. The molecule has 100 valence electrons. The van der Waals surface area contributed by atoms with E-state index in [9.17, 15) is 8.78 Å². The van der Waals surface area contributed by atoms with Gasteiger partial charge in [0.05, 0.1) is 10.5 Å². The maximum atomic E-state index is 13.4. The van der Waals surface area contributed by atoms with Gasteiger partial charge in [-0.3, -0.25) is 4.98 Å². The van der Waals surface area contributed by atoms with Gasteiger partial charge in [0.2, 0.25) is 0 Å². The minimum absolute atomic E-state index is 0.453. The maximum absolute atomic E-state index is 13.4. The average molecular weight is 290 g/mol. The molecule has 20 heavy (non-hydrogen) atoms. The van der Waals surface area contributed by atoms with E-state index in [0.717, 1.165) is 17.0 Å². The third-order valence-electron chi connectivity index (χ3n) is 3.26. The van der Waals surface area contributed by atoms with Crippen molar-refractivity contribution in [1.82, 2.24) is 4.98 Å². The zero-order valence-corrected chi connectivity index (χ0v) is 11.4. The van der Waals surface area contributed by atoms with Crippen LogP contribution < -0.4 is 0 Å². The molecule has 3 rings (SSSR count). The van der Waals surface area contributed by atoms with Gasteiger partial charge in [-0.15, -0.1) is 0 Å². The summed E-state index contributed by atoms with van der Waals surface area (Å²) < 4.78 is 26.7. The molecule has 3 aromatic rings. The van der Waals surface area contributed by atoms with Crippen molar-refractivity contribution < 1.29 is 8.78 Å². The molecule has 1 nitrogen and oxygen atoms in total. The molecule has 0 aliphatic heterocycles. The summed E-state index contributed by atoms with van der Waals surface area (Å²) in [5, 5.41) is 1.38. The SMILES string of the molecule is Cc1c(-c2cc(F)cc(F)c2)cc2ncccc2c1Cl. The van der Waals surface area contributed by atoms with Crippen LogP contribution in [0.4, 0.5) is 8.78 Å². The Morgan fingerprint density at radius 2 is 1.75 bits per heavy atom. The van der Waals surface area contributed by atoms with E-state index in [1.165, 1.54) is 12.1 Å². The number of pyridine rings is 1. The minimum atomic E-state index is -0.614. The molecule has 0 amide bonds. The highest BCUT2D eigenvalue weighted by molar-refractivity contribution is 6.36. The molecular weight excluding hydrogens is 280 g/mol. The molecule has 0 spiro atoms. The highest BCUT2D eigenvalue weighted by Crippen LogP contribution is 2.34. The number of fused-ring (bicyclic) bond motifs is 1. The lowest BCUT2D eigenvalue weighted by atomic mass is 9.98. The van der Waals surface area contributed by atoms with Crippen molar-refractivity contribution in [2.45, 2.75) is 6.92 Å². The first-order chi connectivity index (χ1) is 9.56. The van der Waals surface area contributed by atoms with E-state index in [4.69, 9.17) is 11.6 Å². The van der Waals surface area contributed by atoms with Crippen molar-refractivity contribution in [1.29, 1.82) is 0 Å². The lowest BCUT2D eigenvalue weighted by Gasteiger charge is -2.11. The second-order valence-electron chi connectivity index (χ2n) is 4.59. The van der Waals surface area contributed by atoms with Gasteiger partial charge in [-0.25, -0.2) is 8.78 Å². The lowest BCUT2D eigenvalue weighted by Crippen LogP contribution is -1.91. The summed E-state index contributed by atoms with van der Waals surface area (Å²) in [4.78, 5) is 4.24. The number of aromatic nitrogens is 1. The summed E-state index contributed by atoms with van der Waals surface area (Å²) >= 11 is 6.33. The molecule has 0 aliphatic rings. The standard InChI is InChI=1S/C16H10ClF2N/c1-9-14(10-5-11(18)7-12(19)6-10)8-15-13(16(9)17)3-2-4-20-15/h2-8H,1H3. The number of benzene rings is 2. The predicted octanol–water partition coefficient (Wildman–Crippen LogP) is 5.14. The van der Waals surface area contributed by atoms with Crippen molar-refractivity contribution in [3.63, 3.8) is 0 Å².